The summed E-state index contributed by atoms with van der Waals surface area (Å²) in [5.74, 6) is -1.61. The second kappa shape index (κ2) is 3.75. The molecule has 0 bridgehead atoms. The fourth-order valence-corrected chi connectivity index (χ4v) is 2.63. The van der Waals surface area contributed by atoms with Crippen LogP contribution in [0.3, 0.4) is 0 Å². The number of hydrogen-bond acceptors (Lipinski definition) is 2. The third kappa shape index (κ3) is 2.36. The molecule has 2 aliphatic rings. The van der Waals surface area contributed by atoms with Crippen molar-refractivity contribution in [3.05, 3.63) is 0 Å². The highest BCUT2D eigenvalue weighted by molar-refractivity contribution is 5.89. The topological polar surface area (TPSA) is 66.4 Å². The van der Waals surface area contributed by atoms with Crippen LogP contribution in [0.15, 0.2) is 0 Å². The van der Waals surface area contributed by atoms with Gasteiger partial charge in [0.2, 0.25) is 5.91 Å². The predicted octanol–water partition coefficient (Wildman–Crippen LogP) is 1.40. The quantitative estimate of drug-likeness (QED) is 0.763. The van der Waals surface area contributed by atoms with Gasteiger partial charge in [-0.1, -0.05) is 13.8 Å². The standard InChI is InChI=1S/C12H19NO3/c1-12(2)4-3-7(6-12)13-10(14)8-5-9(8)11(15)16/h7-9H,3-6H2,1-2H3,(H,13,14)(H,15,16)/t7?,8-,9+/m1/s1. The van der Waals surface area contributed by atoms with Crippen LogP contribution in [0.2, 0.25) is 0 Å². The summed E-state index contributed by atoms with van der Waals surface area (Å²) >= 11 is 0. The Kier molecular flexibility index (Phi) is 2.68. The van der Waals surface area contributed by atoms with Crippen molar-refractivity contribution in [2.45, 2.75) is 45.6 Å². The summed E-state index contributed by atoms with van der Waals surface area (Å²) in [6.45, 7) is 4.41. The highest BCUT2D eigenvalue weighted by Gasteiger charge is 2.49. The molecule has 3 atom stereocenters. The lowest BCUT2D eigenvalue weighted by Crippen LogP contribution is -2.35. The molecule has 0 saturated heterocycles. The van der Waals surface area contributed by atoms with Gasteiger partial charge in [-0.3, -0.25) is 9.59 Å². The molecule has 0 aromatic carbocycles. The molecule has 0 aliphatic heterocycles. The van der Waals surface area contributed by atoms with Gasteiger partial charge in [-0.2, -0.15) is 0 Å². The Morgan fingerprint density at radius 1 is 1.31 bits per heavy atom. The van der Waals surface area contributed by atoms with Gasteiger partial charge in [-0.25, -0.2) is 0 Å². The van der Waals surface area contributed by atoms with Crippen LogP contribution in [0, 0.1) is 17.3 Å². The molecule has 2 aliphatic carbocycles. The first-order chi connectivity index (χ1) is 7.39. The maximum absolute atomic E-state index is 11.7. The second-order valence-electron chi connectivity index (χ2n) is 5.90. The average molecular weight is 225 g/mol. The minimum Gasteiger partial charge on any atom is -0.481 e. The number of rotatable bonds is 3. The van der Waals surface area contributed by atoms with E-state index in [1.54, 1.807) is 0 Å². The van der Waals surface area contributed by atoms with Crippen molar-refractivity contribution in [3.8, 4) is 0 Å². The average Bonchev–Trinajstić information content (AvgIpc) is 2.87. The molecule has 1 unspecified atom stereocenters. The molecule has 0 spiro atoms. The fourth-order valence-electron chi connectivity index (χ4n) is 2.63. The minimum absolute atomic E-state index is 0.0601. The number of aliphatic carboxylic acids is 1. The molecule has 2 N–H and O–H groups in total. The van der Waals surface area contributed by atoms with E-state index in [9.17, 15) is 9.59 Å². The summed E-state index contributed by atoms with van der Waals surface area (Å²) in [4.78, 5) is 22.3. The van der Waals surface area contributed by atoms with E-state index in [-0.39, 0.29) is 17.9 Å². The summed E-state index contributed by atoms with van der Waals surface area (Å²) < 4.78 is 0. The van der Waals surface area contributed by atoms with Crippen molar-refractivity contribution in [2.24, 2.45) is 17.3 Å². The Morgan fingerprint density at radius 3 is 2.44 bits per heavy atom. The lowest BCUT2D eigenvalue weighted by atomic mass is 9.92. The number of carboxylic acids is 1. The maximum Gasteiger partial charge on any atom is 0.307 e. The first kappa shape index (κ1) is 11.4. The van der Waals surface area contributed by atoms with Crippen molar-refractivity contribution in [1.82, 2.24) is 5.32 Å². The number of carbonyl (C=O) groups excluding carboxylic acids is 1. The smallest absolute Gasteiger partial charge is 0.307 e. The first-order valence-electron chi connectivity index (χ1n) is 5.92. The van der Waals surface area contributed by atoms with E-state index in [0.717, 1.165) is 19.3 Å². The zero-order chi connectivity index (χ0) is 11.9. The molecule has 1 amide bonds. The molecule has 2 saturated carbocycles. The molecule has 0 radical (unpaired) electrons. The van der Waals surface area contributed by atoms with Crippen molar-refractivity contribution in [3.63, 3.8) is 0 Å². The first-order valence-corrected chi connectivity index (χ1v) is 5.92. The van der Waals surface area contributed by atoms with Gasteiger partial charge in [-0.15, -0.1) is 0 Å². The van der Waals surface area contributed by atoms with Crippen molar-refractivity contribution < 1.29 is 14.7 Å². The molecule has 0 aromatic heterocycles. The van der Waals surface area contributed by atoms with E-state index in [2.05, 4.69) is 19.2 Å². The molecule has 0 aromatic rings. The molecule has 4 nitrogen and oxygen atoms in total. The van der Waals surface area contributed by atoms with Crippen LogP contribution in [0.25, 0.3) is 0 Å². The lowest BCUT2D eigenvalue weighted by Gasteiger charge is -2.17. The monoisotopic (exact) mass is 225 g/mol. The number of amides is 1. The Balaban J connectivity index is 1.79. The number of hydrogen-bond donors (Lipinski definition) is 2. The fraction of sp³-hybridized carbons (Fsp3) is 0.833. The Hall–Kier alpha value is -1.06. The van der Waals surface area contributed by atoms with Crippen molar-refractivity contribution >= 4 is 11.9 Å². The summed E-state index contributed by atoms with van der Waals surface area (Å²) in [6.07, 6.45) is 3.66. The van der Waals surface area contributed by atoms with Gasteiger partial charge in [0.25, 0.3) is 0 Å². The van der Waals surface area contributed by atoms with Crippen LogP contribution >= 0.6 is 0 Å². The third-order valence-corrected chi connectivity index (χ3v) is 3.76. The second-order valence-corrected chi connectivity index (χ2v) is 5.90. The normalized spacial score (nSPS) is 35.8. The largest absolute Gasteiger partial charge is 0.481 e. The van der Waals surface area contributed by atoms with Crippen LogP contribution in [0.4, 0.5) is 0 Å². The van der Waals surface area contributed by atoms with Gasteiger partial charge in [0.1, 0.15) is 0 Å². The van der Waals surface area contributed by atoms with E-state index >= 15 is 0 Å². The van der Waals surface area contributed by atoms with E-state index in [4.69, 9.17) is 5.11 Å². The van der Waals surface area contributed by atoms with E-state index < -0.39 is 11.9 Å². The molecule has 4 heteroatoms. The molecule has 0 heterocycles. The van der Waals surface area contributed by atoms with Crippen LogP contribution in [-0.4, -0.2) is 23.0 Å². The van der Waals surface area contributed by atoms with Crippen LogP contribution in [0.5, 0.6) is 0 Å². The Labute approximate surface area is 95.4 Å². The third-order valence-electron chi connectivity index (χ3n) is 3.76. The molecule has 16 heavy (non-hydrogen) atoms. The predicted molar refractivity (Wildman–Crippen MR) is 58.8 cm³/mol. The van der Waals surface area contributed by atoms with Crippen molar-refractivity contribution in [2.75, 3.05) is 0 Å². The molecule has 2 fully saturated rings. The van der Waals surface area contributed by atoms with Crippen LogP contribution in [0.1, 0.15) is 39.5 Å². The van der Waals surface area contributed by atoms with Gasteiger partial charge in [-0.05, 0) is 31.1 Å². The molecule has 90 valence electrons. The van der Waals surface area contributed by atoms with Crippen LogP contribution in [-0.2, 0) is 9.59 Å². The lowest BCUT2D eigenvalue weighted by molar-refractivity contribution is -0.140. The minimum atomic E-state index is -0.841. The van der Waals surface area contributed by atoms with E-state index in [0.29, 0.717) is 11.8 Å². The summed E-state index contributed by atoms with van der Waals surface area (Å²) in [5.41, 5.74) is 0.313. The summed E-state index contributed by atoms with van der Waals surface area (Å²) in [5, 5.41) is 11.7. The summed E-state index contributed by atoms with van der Waals surface area (Å²) in [7, 11) is 0. The molecular weight excluding hydrogens is 206 g/mol. The highest BCUT2D eigenvalue weighted by Crippen LogP contribution is 2.40. The van der Waals surface area contributed by atoms with Gasteiger partial charge in [0, 0.05) is 6.04 Å². The summed E-state index contributed by atoms with van der Waals surface area (Å²) in [6, 6.07) is 0.248. The maximum atomic E-state index is 11.7. The van der Waals surface area contributed by atoms with Crippen molar-refractivity contribution in [1.29, 1.82) is 0 Å². The van der Waals surface area contributed by atoms with Gasteiger partial charge in [0.05, 0.1) is 11.8 Å². The molecule has 2 rings (SSSR count). The number of carbonyl (C=O) groups is 2. The number of carboxylic acid groups (broad SMARTS) is 1. The molecular formula is C12H19NO3. The van der Waals surface area contributed by atoms with E-state index in [1.807, 2.05) is 0 Å². The van der Waals surface area contributed by atoms with E-state index in [1.165, 1.54) is 0 Å². The van der Waals surface area contributed by atoms with Gasteiger partial charge < -0.3 is 10.4 Å². The zero-order valence-electron chi connectivity index (χ0n) is 9.82. The highest BCUT2D eigenvalue weighted by atomic mass is 16.4. The van der Waals surface area contributed by atoms with Gasteiger partial charge in [0.15, 0.2) is 0 Å². The van der Waals surface area contributed by atoms with Crippen LogP contribution < -0.4 is 5.32 Å². The number of nitrogens with one attached hydrogen (secondary N) is 1. The Morgan fingerprint density at radius 2 is 2.00 bits per heavy atom. The van der Waals surface area contributed by atoms with Gasteiger partial charge >= 0.3 is 5.97 Å². The SMILES string of the molecule is CC1(C)CCC(NC(=O)[C@@H]2C[C@@H]2C(=O)O)C1. The Bertz CT molecular complexity index is 324. The zero-order valence-corrected chi connectivity index (χ0v) is 9.82.